The van der Waals surface area contributed by atoms with Crippen LogP contribution in [-0.4, -0.2) is 25.3 Å². The molecule has 0 N–H and O–H groups in total. The number of aryl methyl sites for hydroxylation is 1. The number of halogens is 2. The van der Waals surface area contributed by atoms with Gasteiger partial charge in [0.15, 0.2) is 5.15 Å². The van der Waals surface area contributed by atoms with E-state index in [1.165, 1.54) is 11.8 Å². The molecule has 0 aliphatic carbocycles. The minimum Gasteiger partial charge on any atom is -0.497 e. The van der Waals surface area contributed by atoms with Crippen LogP contribution in [-0.2, 0) is 15.5 Å². The van der Waals surface area contributed by atoms with Gasteiger partial charge in [0.05, 0.1) is 18.5 Å². The van der Waals surface area contributed by atoms with Crippen LogP contribution in [0.4, 0.5) is 0 Å². The molecule has 1 heterocycles. The Bertz CT molecular complexity index is 741. The van der Waals surface area contributed by atoms with Crippen molar-refractivity contribution in [2.45, 2.75) is 18.2 Å². The molecule has 0 amide bonds. The lowest BCUT2D eigenvalue weighted by Gasteiger charge is -2.05. The summed E-state index contributed by atoms with van der Waals surface area (Å²) < 4.78 is 29.7. The molecule has 5 nitrogen and oxygen atoms in total. The summed E-state index contributed by atoms with van der Waals surface area (Å²) >= 11 is 6.12. The smallest absolute Gasteiger partial charge is 0.266 e. The molecule has 1 aromatic heterocycles. The van der Waals surface area contributed by atoms with Crippen molar-refractivity contribution in [2.75, 3.05) is 7.11 Å². The quantitative estimate of drug-likeness (QED) is 0.806. The molecule has 20 heavy (non-hydrogen) atoms. The van der Waals surface area contributed by atoms with Crippen LogP contribution < -0.4 is 4.74 Å². The summed E-state index contributed by atoms with van der Waals surface area (Å²) in [6.45, 7) is 1.78. The number of hydrogen-bond acceptors (Lipinski definition) is 4. The number of aromatic nitrogens is 2. The maximum absolute atomic E-state index is 11.6. The Morgan fingerprint density at radius 1 is 1.40 bits per heavy atom. The highest BCUT2D eigenvalue weighted by Gasteiger charge is 2.26. The summed E-state index contributed by atoms with van der Waals surface area (Å²) in [5.41, 5.74) is 0.920. The van der Waals surface area contributed by atoms with Crippen LogP contribution in [0.5, 0.6) is 5.75 Å². The van der Waals surface area contributed by atoms with Gasteiger partial charge in [0.1, 0.15) is 10.6 Å². The largest absolute Gasteiger partial charge is 0.497 e. The summed E-state index contributed by atoms with van der Waals surface area (Å²) in [7, 11) is 3.00. The molecular formula is C12H12Cl2N2O3S. The SMILES string of the molecule is CCc1nn(-c2cccc(OC)c2)c(Cl)c1S(=O)(=O)Cl. The van der Waals surface area contributed by atoms with E-state index in [1.807, 2.05) is 0 Å². The van der Waals surface area contributed by atoms with E-state index in [4.69, 9.17) is 27.0 Å². The minimum absolute atomic E-state index is 0.0369. The number of benzene rings is 1. The topological polar surface area (TPSA) is 61.2 Å². The minimum atomic E-state index is -3.95. The van der Waals surface area contributed by atoms with Gasteiger partial charge >= 0.3 is 0 Å². The van der Waals surface area contributed by atoms with E-state index in [1.54, 1.807) is 31.2 Å². The lowest BCUT2D eigenvalue weighted by atomic mass is 10.3. The molecule has 108 valence electrons. The zero-order valence-electron chi connectivity index (χ0n) is 10.8. The fourth-order valence-electron chi connectivity index (χ4n) is 1.81. The van der Waals surface area contributed by atoms with Gasteiger partial charge in [0, 0.05) is 16.7 Å². The highest BCUT2D eigenvalue weighted by Crippen LogP contribution is 2.31. The normalized spacial score (nSPS) is 11.6. The van der Waals surface area contributed by atoms with Gasteiger partial charge in [-0.05, 0) is 18.6 Å². The van der Waals surface area contributed by atoms with E-state index in [-0.39, 0.29) is 10.0 Å². The fourth-order valence-corrected chi connectivity index (χ4v) is 3.72. The van der Waals surface area contributed by atoms with E-state index in [0.717, 1.165) is 0 Å². The number of nitrogens with zero attached hydrogens (tertiary/aromatic N) is 2. The Morgan fingerprint density at radius 3 is 2.60 bits per heavy atom. The summed E-state index contributed by atoms with van der Waals surface area (Å²) in [5.74, 6) is 0.613. The maximum Gasteiger partial charge on any atom is 0.266 e. The van der Waals surface area contributed by atoms with E-state index >= 15 is 0 Å². The van der Waals surface area contributed by atoms with Crippen LogP contribution in [0, 0.1) is 0 Å². The van der Waals surface area contributed by atoms with Crippen molar-refractivity contribution in [1.82, 2.24) is 9.78 Å². The lowest BCUT2D eigenvalue weighted by Crippen LogP contribution is -1.98. The molecule has 0 aliphatic heterocycles. The van der Waals surface area contributed by atoms with Crippen LogP contribution in [0.3, 0.4) is 0 Å². The fraction of sp³-hybridized carbons (Fsp3) is 0.250. The highest BCUT2D eigenvalue weighted by molar-refractivity contribution is 8.13. The molecule has 0 aliphatic rings. The molecule has 0 spiro atoms. The van der Waals surface area contributed by atoms with Gasteiger partial charge in [-0.2, -0.15) is 5.10 Å². The summed E-state index contributed by atoms with van der Waals surface area (Å²) in [6, 6.07) is 6.96. The van der Waals surface area contributed by atoms with E-state index in [0.29, 0.717) is 23.6 Å². The van der Waals surface area contributed by atoms with Gasteiger partial charge < -0.3 is 4.74 Å². The second-order valence-electron chi connectivity index (χ2n) is 3.97. The van der Waals surface area contributed by atoms with Gasteiger partial charge in [0.2, 0.25) is 0 Å². The standard InChI is InChI=1S/C12H12Cl2N2O3S/c1-3-10-11(20(14,17)18)12(13)16(15-10)8-5-4-6-9(7-8)19-2/h4-7H,3H2,1-2H3. The Balaban J connectivity index is 2.67. The van der Waals surface area contributed by atoms with Crippen molar-refractivity contribution in [1.29, 1.82) is 0 Å². The molecule has 0 fully saturated rings. The monoisotopic (exact) mass is 334 g/mol. The first-order valence-corrected chi connectivity index (χ1v) is 8.43. The van der Waals surface area contributed by atoms with Crippen molar-refractivity contribution in [3.05, 3.63) is 35.1 Å². The third kappa shape index (κ3) is 2.77. The van der Waals surface area contributed by atoms with Crippen LogP contribution in [0.1, 0.15) is 12.6 Å². The zero-order valence-corrected chi connectivity index (χ0v) is 13.1. The van der Waals surface area contributed by atoms with Crippen molar-refractivity contribution in [3.8, 4) is 11.4 Å². The van der Waals surface area contributed by atoms with Crippen LogP contribution in [0.2, 0.25) is 5.15 Å². The first-order chi connectivity index (χ1) is 9.38. The van der Waals surface area contributed by atoms with Gasteiger partial charge in [-0.15, -0.1) is 0 Å². The molecule has 0 saturated carbocycles. The van der Waals surface area contributed by atoms with E-state index in [2.05, 4.69) is 5.10 Å². The lowest BCUT2D eigenvalue weighted by molar-refractivity contribution is 0.414. The molecule has 0 bridgehead atoms. The predicted octanol–water partition coefficient (Wildman–Crippen LogP) is 3.02. The highest BCUT2D eigenvalue weighted by atomic mass is 35.7. The zero-order chi connectivity index (χ0) is 14.9. The van der Waals surface area contributed by atoms with Crippen LogP contribution >= 0.6 is 22.3 Å². The Kier molecular flexibility index (Phi) is 4.27. The van der Waals surface area contributed by atoms with Gasteiger partial charge in [-0.1, -0.05) is 24.6 Å². The Hall–Kier alpha value is -1.24. The number of ether oxygens (including phenoxy) is 1. The molecule has 1 aromatic carbocycles. The molecule has 2 aromatic rings. The van der Waals surface area contributed by atoms with Gasteiger partial charge in [-0.25, -0.2) is 13.1 Å². The van der Waals surface area contributed by atoms with Crippen LogP contribution in [0.15, 0.2) is 29.2 Å². The van der Waals surface area contributed by atoms with Crippen molar-refractivity contribution in [2.24, 2.45) is 0 Å². The molecule has 0 radical (unpaired) electrons. The average Bonchev–Trinajstić information content (AvgIpc) is 2.75. The molecule has 0 saturated heterocycles. The van der Waals surface area contributed by atoms with Crippen molar-refractivity contribution in [3.63, 3.8) is 0 Å². The van der Waals surface area contributed by atoms with Gasteiger partial charge in [0.25, 0.3) is 9.05 Å². The maximum atomic E-state index is 11.6. The molecule has 8 heteroatoms. The molecule has 0 atom stereocenters. The van der Waals surface area contributed by atoms with Gasteiger partial charge in [-0.3, -0.25) is 0 Å². The molecule has 0 unspecified atom stereocenters. The van der Waals surface area contributed by atoms with Crippen LogP contribution in [0.25, 0.3) is 5.69 Å². The number of rotatable bonds is 4. The first kappa shape index (κ1) is 15.2. The van der Waals surface area contributed by atoms with Crippen molar-refractivity contribution >= 4 is 31.3 Å². The van der Waals surface area contributed by atoms with E-state index in [9.17, 15) is 8.42 Å². The molecule has 2 rings (SSSR count). The predicted molar refractivity (Wildman–Crippen MR) is 77.5 cm³/mol. The second kappa shape index (κ2) is 5.63. The number of methoxy groups -OCH3 is 1. The Labute approximate surface area is 126 Å². The van der Waals surface area contributed by atoms with Crippen molar-refractivity contribution < 1.29 is 13.2 Å². The molecular weight excluding hydrogens is 323 g/mol. The van der Waals surface area contributed by atoms with E-state index < -0.39 is 9.05 Å². The summed E-state index contributed by atoms with van der Waals surface area (Å²) in [6.07, 6.45) is 0.401. The average molecular weight is 335 g/mol. The summed E-state index contributed by atoms with van der Waals surface area (Å²) in [4.78, 5) is -0.147. The first-order valence-electron chi connectivity index (χ1n) is 5.75. The third-order valence-corrected chi connectivity index (χ3v) is 4.57. The summed E-state index contributed by atoms with van der Waals surface area (Å²) in [5, 5.41) is 4.17. The Morgan fingerprint density at radius 2 is 2.10 bits per heavy atom. The second-order valence-corrected chi connectivity index (χ2v) is 6.83. The number of hydrogen-bond donors (Lipinski definition) is 0. The third-order valence-electron chi connectivity index (χ3n) is 2.73.